The molecule has 2 fully saturated rings. The number of nitrogens with zero attached hydrogens (tertiary/aromatic N) is 2. The highest BCUT2D eigenvalue weighted by atomic mass is 19.3. The first-order valence-electron chi connectivity index (χ1n) is 8.86. The number of piperidine rings is 1. The van der Waals surface area contributed by atoms with Crippen molar-refractivity contribution in [2.45, 2.75) is 50.7 Å². The fraction of sp³-hybridized carbons (Fsp3) is 0.938. The van der Waals surface area contributed by atoms with Crippen molar-refractivity contribution >= 4 is 5.96 Å². The average molecular weight is 348 g/mol. The molecule has 0 aromatic carbocycles. The van der Waals surface area contributed by atoms with E-state index >= 15 is 0 Å². The molecule has 2 aliphatic rings. The first-order valence-corrected chi connectivity index (χ1v) is 8.86. The molecule has 0 bridgehead atoms. The molecule has 0 aromatic rings. The van der Waals surface area contributed by atoms with Gasteiger partial charge in [-0.1, -0.05) is 0 Å². The first-order chi connectivity index (χ1) is 11.5. The van der Waals surface area contributed by atoms with Crippen molar-refractivity contribution in [3.8, 4) is 0 Å². The number of ether oxygens (including phenoxy) is 1. The van der Waals surface area contributed by atoms with Crippen LogP contribution in [-0.2, 0) is 4.74 Å². The minimum absolute atomic E-state index is 0.143. The van der Waals surface area contributed by atoms with E-state index in [1.807, 2.05) is 6.92 Å². The van der Waals surface area contributed by atoms with Crippen LogP contribution in [-0.4, -0.2) is 80.0 Å². The third kappa shape index (κ3) is 6.49. The smallest absolute Gasteiger partial charge is 0.251 e. The molecule has 2 heterocycles. The Bertz CT molecular complexity index is 396. The molecular weight excluding hydrogens is 318 g/mol. The summed E-state index contributed by atoms with van der Waals surface area (Å²) in [5.41, 5.74) is -0.790. The summed E-state index contributed by atoms with van der Waals surface area (Å²) in [4.78, 5) is 6.33. The number of hydrogen-bond acceptors (Lipinski definition) is 4. The maximum atomic E-state index is 12.4. The largest absolute Gasteiger partial charge is 0.388 e. The second-order valence-corrected chi connectivity index (χ2v) is 6.64. The van der Waals surface area contributed by atoms with E-state index in [9.17, 15) is 13.9 Å². The lowest BCUT2D eigenvalue weighted by Crippen LogP contribution is -2.50. The molecule has 0 aromatic heterocycles. The van der Waals surface area contributed by atoms with Crippen molar-refractivity contribution in [3.63, 3.8) is 0 Å². The molecule has 8 heteroatoms. The predicted molar refractivity (Wildman–Crippen MR) is 89.6 cm³/mol. The van der Waals surface area contributed by atoms with Crippen molar-refractivity contribution in [1.29, 1.82) is 0 Å². The van der Waals surface area contributed by atoms with Crippen LogP contribution in [0.15, 0.2) is 4.99 Å². The molecule has 0 saturated carbocycles. The summed E-state index contributed by atoms with van der Waals surface area (Å²) < 4.78 is 30.1. The van der Waals surface area contributed by atoms with Gasteiger partial charge in [0.25, 0.3) is 6.43 Å². The highest BCUT2D eigenvalue weighted by Crippen LogP contribution is 2.20. The Morgan fingerprint density at radius 1 is 1.33 bits per heavy atom. The van der Waals surface area contributed by atoms with Crippen molar-refractivity contribution < 1.29 is 18.6 Å². The fourth-order valence-corrected chi connectivity index (χ4v) is 3.10. The van der Waals surface area contributed by atoms with Crippen LogP contribution in [0.4, 0.5) is 8.78 Å². The second-order valence-electron chi connectivity index (χ2n) is 6.64. The lowest BCUT2D eigenvalue weighted by atomic mass is 9.95. The zero-order valence-corrected chi connectivity index (χ0v) is 14.4. The third-order valence-electron chi connectivity index (χ3n) is 4.62. The van der Waals surface area contributed by atoms with Crippen LogP contribution in [0.1, 0.15) is 32.6 Å². The second kappa shape index (κ2) is 9.48. The summed E-state index contributed by atoms with van der Waals surface area (Å²) >= 11 is 0. The third-order valence-corrected chi connectivity index (χ3v) is 4.62. The SMILES string of the molecule is CCNC(=NCC1(O)CCOCC1)NC1CCN(CC(F)F)CC1. The minimum Gasteiger partial charge on any atom is -0.388 e. The molecule has 0 aliphatic carbocycles. The zero-order chi connectivity index (χ0) is 17.4. The van der Waals surface area contributed by atoms with Gasteiger partial charge in [0.05, 0.1) is 18.7 Å². The van der Waals surface area contributed by atoms with Gasteiger partial charge in [0.1, 0.15) is 0 Å². The lowest BCUT2D eigenvalue weighted by Gasteiger charge is -2.33. The number of nitrogens with one attached hydrogen (secondary N) is 2. The summed E-state index contributed by atoms with van der Waals surface area (Å²) in [6.45, 7) is 5.40. The Labute approximate surface area is 142 Å². The number of rotatable bonds is 6. The van der Waals surface area contributed by atoms with Gasteiger partial charge in [0, 0.05) is 51.7 Å². The number of halogens is 2. The first kappa shape index (κ1) is 19.3. The van der Waals surface area contributed by atoms with E-state index in [1.165, 1.54) is 0 Å². The normalized spacial score (nSPS) is 23.5. The van der Waals surface area contributed by atoms with Crippen LogP contribution in [0, 0.1) is 0 Å². The van der Waals surface area contributed by atoms with E-state index < -0.39 is 12.0 Å². The molecule has 3 N–H and O–H groups in total. The summed E-state index contributed by atoms with van der Waals surface area (Å²) in [6, 6.07) is 0.223. The summed E-state index contributed by atoms with van der Waals surface area (Å²) in [5, 5.41) is 17.1. The summed E-state index contributed by atoms with van der Waals surface area (Å²) in [6.07, 6.45) is 0.558. The molecule has 140 valence electrons. The maximum Gasteiger partial charge on any atom is 0.251 e. The van der Waals surface area contributed by atoms with Crippen LogP contribution < -0.4 is 10.6 Å². The number of alkyl halides is 2. The number of guanidine groups is 1. The quantitative estimate of drug-likeness (QED) is 0.490. The van der Waals surface area contributed by atoms with Gasteiger partial charge in [-0.2, -0.15) is 0 Å². The molecular formula is C16H30F2N4O2. The molecule has 6 nitrogen and oxygen atoms in total. The van der Waals surface area contributed by atoms with Crippen LogP contribution in [0.2, 0.25) is 0 Å². The van der Waals surface area contributed by atoms with Crippen LogP contribution in [0.3, 0.4) is 0 Å². The topological polar surface area (TPSA) is 69.1 Å². The number of likely N-dealkylation sites (tertiary alicyclic amines) is 1. The van der Waals surface area contributed by atoms with Gasteiger partial charge < -0.3 is 20.5 Å². The monoisotopic (exact) mass is 348 g/mol. The fourth-order valence-electron chi connectivity index (χ4n) is 3.10. The Kier molecular flexibility index (Phi) is 7.64. The molecule has 0 amide bonds. The highest BCUT2D eigenvalue weighted by Gasteiger charge is 2.30. The number of aliphatic hydroxyl groups is 1. The maximum absolute atomic E-state index is 12.4. The van der Waals surface area contributed by atoms with E-state index in [0.717, 1.165) is 19.4 Å². The van der Waals surface area contributed by atoms with E-state index in [1.54, 1.807) is 4.90 Å². The Morgan fingerprint density at radius 2 is 2.00 bits per heavy atom. The Hall–Kier alpha value is -0.990. The Morgan fingerprint density at radius 3 is 2.58 bits per heavy atom. The van der Waals surface area contributed by atoms with Crippen molar-refractivity contribution in [2.24, 2.45) is 4.99 Å². The van der Waals surface area contributed by atoms with Gasteiger partial charge in [-0.05, 0) is 19.8 Å². The molecule has 2 aliphatic heterocycles. The summed E-state index contributed by atoms with van der Waals surface area (Å²) in [5.74, 6) is 0.685. The number of aliphatic imine (C=N–C) groups is 1. The van der Waals surface area contributed by atoms with Gasteiger partial charge in [-0.15, -0.1) is 0 Å². The number of hydrogen-bond donors (Lipinski definition) is 3. The molecule has 2 rings (SSSR count). The minimum atomic E-state index is -2.27. The molecule has 0 spiro atoms. The van der Waals surface area contributed by atoms with Gasteiger partial charge in [0.2, 0.25) is 0 Å². The van der Waals surface area contributed by atoms with E-state index in [-0.39, 0.29) is 12.6 Å². The summed E-state index contributed by atoms with van der Waals surface area (Å²) in [7, 11) is 0. The zero-order valence-electron chi connectivity index (χ0n) is 14.4. The average Bonchev–Trinajstić information content (AvgIpc) is 2.55. The van der Waals surface area contributed by atoms with E-state index in [2.05, 4.69) is 15.6 Å². The van der Waals surface area contributed by atoms with Gasteiger partial charge in [-0.25, -0.2) is 8.78 Å². The van der Waals surface area contributed by atoms with Crippen LogP contribution >= 0.6 is 0 Å². The van der Waals surface area contributed by atoms with Crippen molar-refractivity contribution in [1.82, 2.24) is 15.5 Å². The Balaban J connectivity index is 1.81. The van der Waals surface area contributed by atoms with Gasteiger partial charge >= 0.3 is 0 Å². The van der Waals surface area contributed by atoms with Gasteiger partial charge in [-0.3, -0.25) is 9.89 Å². The van der Waals surface area contributed by atoms with Crippen LogP contribution in [0.5, 0.6) is 0 Å². The molecule has 0 atom stereocenters. The lowest BCUT2D eigenvalue weighted by molar-refractivity contribution is -0.0566. The van der Waals surface area contributed by atoms with Gasteiger partial charge in [0.15, 0.2) is 5.96 Å². The molecule has 0 radical (unpaired) electrons. The molecule has 0 unspecified atom stereocenters. The molecule has 2 saturated heterocycles. The predicted octanol–water partition coefficient (Wildman–Crippen LogP) is 0.813. The van der Waals surface area contributed by atoms with Crippen molar-refractivity contribution in [3.05, 3.63) is 0 Å². The van der Waals surface area contributed by atoms with Crippen LogP contribution in [0.25, 0.3) is 0 Å². The standard InChI is InChI=1S/C16H30F2N4O2/c1-2-19-15(20-12-16(23)5-9-24-10-6-16)21-13-3-7-22(8-4-13)11-14(17)18/h13-14,23H,2-12H2,1H3,(H2,19,20,21). The van der Waals surface area contributed by atoms with Crippen molar-refractivity contribution in [2.75, 3.05) is 45.9 Å². The highest BCUT2D eigenvalue weighted by molar-refractivity contribution is 5.80. The van der Waals surface area contributed by atoms with E-state index in [0.29, 0.717) is 51.6 Å². The van der Waals surface area contributed by atoms with E-state index in [4.69, 9.17) is 4.74 Å². The molecule has 24 heavy (non-hydrogen) atoms.